The lowest BCUT2D eigenvalue weighted by Crippen LogP contribution is -2.26. The van der Waals surface area contributed by atoms with Crippen LogP contribution in [0.15, 0.2) is 18.2 Å². The predicted octanol–water partition coefficient (Wildman–Crippen LogP) is 2.50. The van der Waals surface area contributed by atoms with Crippen molar-refractivity contribution in [2.45, 2.75) is 51.2 Å². The Morgan fingerprint density at radius 2 is 2.19 bits per heavy atom. The summed E-state index contributed by atoms with van der Waals surface area (Å²) in [7, 11) is 0. The number of hydrogen-bond acceptors (Lipinski definition) is 3. The molecule has 0 aliphatic heterocycles. The topological polar surface area (TPSA) is 42.4 Å². The maximum atomic E-state index is 9.68. The molecule has 1 aliphatic carbocycles. The minimum absolute atomic E-state index is 0.0742. The molecule has 0 amide bonds. The number of aromatic nitrogens is 1. The van der Waals surface area contributed by atoms with Crippen LogP contribution in [0.2, 0.25) is 0 Å². The third kappa shape index (κ3) is 2.53. The van der Waals surface area contributed by atoms with Gasteiger partial charge in [-0.15, -0.1) is 0 Å². The van der Waals surface area contributed by atoms with Gasteiger partial charge in [-0.25, -0.2) is 4.98 Å². The van der Waals surface area contributed by atoms with Crippen molar-refractivity contribution in [3.63, 3.8) is 0 Å². The number of nitrogens with zero attached hydrogens (tertiary/aromatic N) is 1. The molecule has 1 aromatic rings. The maximum Gasteiger partial charge on any atom is 0.213 e. The molecule has 1 aliphatic rings. The summed E-state index contributed by atoms with van der Waals surface area (Å²) in [5.41, 5.74) is 1.03. The van der Waals surface area contributed by atoms with E-state index in [1.54, 1.807) is 0 Å². The number of pyridine rings is 1. The number of aliphatic hydroxyl groups excluding tert-OH is 1. The molecular formula is C13H19NO2. The lowest BCUT2D eigenvalue weighted by atomic mass is 10.1. The van der Waals surface area contributed by atoms with Crippen LogP contribution < -0.4 is 4.74 Å². The van der Waals surface area contributed by atoms with E-state index in [-0.39, 0.29) is 12.2 Å². The largest absolute Gasteiger partial charge is 0.472 e. The van der Waals surface area contributed by atoms with Gasteiger partial charge < -0.3 is 9.84 Å². The van der Waals surface area contributed by atoms with E-state index in [1.807, 2.05) is 18.2 Å². The smallest absolute Gasteiger partial charge is 0.213 e. The van der Waals surface area contributed by atoms with Crippen LogP contribution in [-0.4, -0.2) is 22.3 Å². The van der Waals surface area contributed by atoms with Gasteiger partial charge in [-0.1, -0.05) is 19.9 Å². The summed E-state index contributed by atoms with van der Waals surface area (Å²) in [6, 6.07) is 5.82. The minimum atomic E-state index is -0.329. The fraction of sp³-hybridized carbons (Fsp3) is 0.615. The second kappa shape index (κ2) is 4.83. The second-order valence-corrected chi connectivity index (χ2v) is 4.71. The summed E-state index contributed by atoms with van der Waals surface area (Å²) in [4.78, 5) is 4.44. The first kappa shape index (κ1) is 11.4. The van der Waals surface area contributed by atoms with Gasteiger partial charge in [0.05, 0.1) is 6.10 Å². The zero-order valence-corrected chi connectivity index (χ0v) is 9.89. The quantitative estimate of drug-likeness (QED) is 0.852. The summed E-state index contributed by atoms with van der Waals surface area (Å²) in [6.45, 7) is 4.22. The highest BCUT2D eigenvalue weighted by atomic mass is 16.5. The lowest BCUT2D eigenvalue weighted by molar-refractivity contribution is 0.0572. The van der Waals surface area contributed by atoms with E-state index >= 15 is 0 Å². The van der Waals surface area contributed by atoms with Crippen molar-refractivity contribution in [1.82, 2.24) is 4.98 Å². The Balaban J connectivity index is 2.06. The number of hydrogen-bond donors (Lipinski definition) is 1. The van der Waals surface area contributed by atoms with E-state index in [9.17, 15) is 5.11 Å². The van der Waals surface area contributed by atoms with Crippen LogP contribution in [0.4, 0.5) is 0 Å². The van der Waals surface area contributed by atoms with Gasteiger partial charge in [-0.3, -0.25) is 0 Å². The van der Waals surface area contributed by atoms with Gasteiger partial charge in [0.1, 0.15) is 6.10 Å². The molecule has 2 rings (SSSR count). The molecule has 16 heavy (non-hydrogen) atoms. The highest BCUT2D eigenvalue weighted by Gasteiger charge is 2.27. The SMILES string of the molecule is CC(C)c1cccc(OC2CCCC2O)n1. The normalized spacial score (nSPS) is 25.0. The molecule has 2 unspecified atom stereocenters. The molecule has 0 spiro atoms. The predicted molar refractivity (Wildman–Crippen MR) is 62.6 cm³/mol. The Hall–Kier alpha value is -1.09. The Kier molecular flexibility index (Phi) is 3.44. The first-order valence-electron chi connectivity index (χ1n) is 5.98. The number of ether oxygens (including phenoxy) is 1. The Morgan fingerprint density at radius 3 is 2.81 bits per heavy atom. The van der Waals surface area contributed by atoms with Gasteiger partial charge in [-0.2, -0.15) is 0 Å². The van der Waals surface area contributed by atoms with Gasteiger partial charge in [0.15, 0.2) is 0 Å². The van der Waals surface area contributed by atoms with Crippen LogP contribution in [0.1, 0.15) is 44.7 Å². The fourth-order valence-corrected chi connectivity index (χ4v) is 2.02. The van der Waals surface area contributed by atoms with Crippen LogP contribution >= 0.6 is 0 Å². The molecule has 2 atom stereocenters. The van der Waals surface area contributed by atoms with Crippen LogP contribution in [0.25, 0.3) is 0 Å². The molecule has 88 valence electrons. The monoisotopic (exact) mass is 221 g/mol. The Bertz CT molecular complexity index is 352. The van der Waals surface area contributed by atoms with Crippen LogP contribution in [0.5, 0.6) is 5.88 Å². The third-order valence-corrected chi connectivity index (χ3v) is 3.03. The lowest BCUT2D eigenvalue weighted by Gasteiger charge is -2.17. The average Bonchev–Trinajstić information content (AvgIpc) is 2.65. The van der Waals surface area contributed by atoms with E-state index in [1.165, 1.54) is 0 Å². The van der Waals surface area contributed by atoms with Gasteiger partial charge in [0, 0.05) is 11.8 Å². The van der Waals surface area contributed by atoms with Crippen molar-refractivity contribution in [1.29, 1.82) is 0 Å². The van der Waals surface area contributed by atoms with Gasteiger partial charge >= 0.3 is 0 Å². The van der Waals surface area contributed by atoms with Gasteiger partial charge in [0.25, 0.3) is 0 Å². The van der Waals surface area contributed by atoms with Crippen molar-refractivity contribution in [3.8, 4) is 5.88 Å². The second-order valence-electron chi connectivity index (χ2n) is 4.71. The molecule has 0 aromatic carbocycles. The van der Waals surface area contributed by atoms with Crippen LogP contribution in [0, 0.1) is 0 Å². The molecule has 1 N–H and O–H groups in total. The summed E-state index contributed by atoms with van der Waals surface area (Å²) in [5, 5.41) is 9.68. The zero-order valence-electron chi connectivity index (χ0n) is 9.89. The summed E-state index contributed by atoms with van der Waals surface area (Å²) < 4.78 is 5.72. The van der Waals surface area contributed by atoms with Crippen molar-refractivity contribution >= 4 is 0 Å². The average molecular weight is 221 g/mol. The van der Waals surface area contributed by atoms with Crippen molar-refractivity contribution in [2.24, 2.45) is 0 Å². The van der Waals surface area contributed by atoms with E-state index in [0.29, 0.717) is 11.8 Å². The molecule has 3 nitrogen and oxygen atoms in total. The first-order valence-corrected chi connectivity index (χ1v) is 5.98. The molecule has 0 radical (unpaired) electrons. The number of aliphatic hydroxyl groups is 1. The van der Waals surface area contributed by atoms with E-state index in [2.05, 4.69) is 18.8 Å². The van der Waals surface area contributed by atoms with Crippen LogP contribution in [0.3, 0.4) is 0 Å². The summed E-state index contributed by atoms with van der Waals surface area (Å²) >= 11 is 0. The van der Waals surface area contributed by atoms with E-state index < -0.39 is 0 Å². The van der Waals surface area contributed by atoms with Gasteiger partial charge in [-0.05, 0) is 31.2 Å². The summed E-state index contributed by atoms with van der Waals surface area (Å²) in [6.07, 6.45) is 2.40. The van der Waals surface area contributed by atoms with Crippen molar-refractivity contribution < 1.29 is 9.84 Å². The zero-order chi connectivity index (χ0) is 11.5. The first-order chi connectivity index (χ1) is 7.66. The highest BCUT2D eigenvalue weighted by molar-refractivity contribution is 5.18. The molecule has 0 bridgehead atoms. The van der Waals surface area contributed by atoms with Crippen molar-refractivity contribution in [3.05, 3.63) is 23.9 Å². The fourth-order valence-electron chi connectivity index (χ4n) is 2.02. The Labute approximate surface area is 96.5 Å². The van der Waals surface area contributed by atoms with E-state index in [4.69, 9.17) is 4.74 Å². The van der Waals surface area contributed by atoms with E-state index in [0.717, 1.165) is 25.0 Å². The molecule has 1 saturated carbocycles. The molecule has 3 heteroatoms. The van der Waals surface area contributed by atoms with Crippen LogP contribution in [-0.2, 0) is 0 Å². The molecule has 1 aromatic heterocycles. The standard InChI is InChI=1S/C13H19NO2/c1-9(2)10-5-3-8-13(14-10)16-12-7-4-6-11(12)15/h3,5,8-9,11-12,15H,4,6-7H2,1-2H3. The molecule has 1 fully saturated rings. The van der Waals surface area contributed by atoms with Gasteiger partial charge in [0.2, 0.25) is 5.88 Å². The maximum absolute atomic E-state index is 9.68. The Morgan fingerprint density at radius 1 is 1.38 bits per heavy atom. The molecule has 1 heterocycles. The third-order valence-electron chi connectivity index (χ3n) is 3.03. The highest BCUT2D eigenvalue weighted by Crippen LogP contribution is 2.24. The minimum Gasteiger partial charge on any atom is -0.472 e. The number of rotatable bonds is 3. The summed E-state index contributed by atoms with van der Waals surface area (Å²) in [5.74, 6) is 1.04. The molecular weight excluding hydrogens is 202 g/mol. The molecule has 0 saturated heterocycles. The van der Waals surface area contributed by atoms with Crippen molar-refractivity contribution in [2.75, 3.05) is 0 Å².